The van der Waals surface area contributed by atoms with Crippen molar-refractivity contribution in [2.75, 3.05) is 13.2 Å². The van der Waals surface area contributed by atoms with Gasteiger partial charge in [0.25, 0.3) is 0 Å². The quantitative estimate of drug-likeness (QED) is 0.890. The lowest BCUT2D eigenvalue weighted by atomic mass is 10.1. The molecular formula is C14H23NOS. The summed E-state index contributed by atoms with van der Waals surface area (Å²) in [6.07, 6.45) is 4.76. The number of thiophene rings is 1. The second-order valence-electron chi connectivity index (χ2n) is 5.02. The van der Waals surface area contributed by atoms with Crippen LogP contribution in [0.25, 0.3) is 0 Å². The average Bonchev–Trinajstić information content (AvgIpc) is 2.53. The molecule has 1 saturated heterocycles. The maximum atomic E-state index is 5.49. The van der Waals surface area contributed by atoms with Crippen LogP contribution >= 0.6 is 11.3 Å². The first-order valence-electron chi connectivity index (χ1n) is 6.63. The summed E-state index contributed by atoms with van der Waals surface area (Å²) in [5.74, 6) is 0. The van der Waals surface area contributed by atoms with Gasteiger partial charge in [-0.1, -0.05) is 0 Å². The van der Waals surface area contributed by atoms with Crippen LogP contribution in [0.15, 0.2) is 12.1 Å². The third kappa shape index (κ3) is 4.41. The van der Waals surface area contributed by atoms with Crippen LogP contribution in [0.4, 0.5) is 0 Å². The number of hydrogen-bond acceptors (Lipinski definition) is 3. The van der Waals surface area contributed by atoms with E-state index in [0.717, 1.165) is 26.1 Å². The van der Waals surface area contributed by atoms with E-state index in [2.05, 4.69) is 31.3 Å². The lowest BCUT2D eigenvalue weighted by Gasteiger charge is -2.21. The molecule has 17 heavy (non-hydrogen) atoms. The lowest BCUT2D eigenvalue weighted by Crippen LogP contribution is -2.37. The highest BCUT2D eigenvalue weighted by molar-refractivity contribution is 7.11. The van der Waals surface area contributed by atoms with Crippen LogP contribution in [0.2, 0.25) is 0 Å². The Morgan fingerprint density at radius 3 is 3.06 bits per heavy atom. The van der Waals surface area contributed by atoms with Gasteiger partial charge in [-0.15, -0.1) is 11.3 Å². The van der Waals surface area contributed by atoms with Crippen molar-refractivity contribution >= 4 is 11.3 Å². The minimum absolute atomic E-state index is 0.566. The summed E-state index contributed by atoms with van der Waals surface area (Å²) >= 11 is 1.92. The Morgan fingerprint density at radius 1 is 1.41 bits per heavy atom. The molecule has 96 valence electrons. The van der Waals surface area contributed by atoms with E-state index >= 15 is 0 Å². The number of aryl methyl sites for hydroxylation is 1. The molecule has 3 heteroatoms. The van der Waals surface area contributed by atoms with Crippen LogP contribution < -0.4 is 5.32 Å². The fourth-order valence-electron chi connectivity index (χ4n) is 2.43. The highest BCUT2D eigenvalue weighted by Gasteiger charge is 2.15. The van der Waals surface area contributed by atoms with Gasteiger partial charge in [0, 0.05) is 35.1 Å². The zero-order chi connectivity index (χ0) is 12.1. The monoisotopic (exact) mass is 253 g/mol. The lowest BCUT2D eigenvalue weighted by molar-refractivity contribution is 0.142. The third-order valence-electron chi connectivity index (χ3n) is 3.28. The molecule has 1 aromatic rings. The summed E-state index contributed by atoms with van der Waals surface area (Å²) in [6.45, 7) is 6.33. The van der Waals surface area contributed by atoms with E-state index in [1.165, 1.54) is 22.6 Å². The first-order valence-corrected chi connectivity index (χ1v) is 7.45. The smallest absolute Gasteiger partial charge is 0.0480 e. The van der Waals surface area contributed by atoms with Crippen LogP contribution in [-0.4, -0.2) is 25.3 Å². The fourth-order valence-corrected chi connectivity index (χ4v) is 3.45. The first kappa shape index (κ1) is 13.1. The molecule has 1 aromatic heterocycles. The van der Waals surface area contributed by atoms with Crippen LogP contribution in [0.1, 0.15) is 35.9 Å². The standard InChI is InChI=1S/C14H23NOS/c1-11(10-14-6-5-12(2)17-14)15-13-4-3-8-16-9-7-13/h5-6,11,13,15H,3-4,7-10H2,1-2H3. The molecule has 2 atom stereocenters. The van der Waals surface area contributed by atoms with Crippen molar-refractivity contribution in [1.29, 1.82) is 0 Å². The summed E-state index contributed by atoms with van der Waals surface area (Å²) in [5, 5.41) is 3.74. The molecule has 0 aliphatic carbocycles. The van der Waals surface area contributed by atoms with Gasteiger partial charge < -0.3 is 10.1 Å². The van der Waals surface area contributed by atoms with Crippen molar-refractivity contribution in [2.24, 2.45) is 0 Å². The average molecular weight is 253 g/mol. The largest absolute Gasteiger partial charge is 0.381 e. The molecule has 2 heterocycles. The van der Waals surface area contributed by atoms with Gasteiger partial charge in [-0.3, -0.25) is 0 Å². The van der Waals surface area contributed by atoms with Crippen molar-refractivity contribution in [3.8, 4) is 0 Å². The Hall–Kier alpha value is -0.380. The Bertz CT molecular complexity index is 329. The van der Waals surface area contributed by atoms with Crippen molar-refractivity contribution in [1.82, 2.24) is 5.32 Å². The zero-order valence-electron chi connectivity index (χ0n) is 10.9. The molecule has 2 rings (SSSR count). The van der Waals surface area contributed by atoms with Crippen molar-refractivity contribution in [3.63, 3.8) is 0 Å². The van der Waals surface area contributed by atoms with Gasteiger partial charge in [-0.2, -0.15) is 0 Å². The van der Waals surface area contributed by atoms with E-state index in [1.807, 2.05) is 11.3 Å². The summed E-state index contributed by atoms with van der Waals surface area (Å²) < 4.78 is 5.49. The number of hydrogen-bond donors (Lipinski definition) is 1. The van der Waals surface area contributed by atoms with Crippen LogP contribution in [0.3, 0.4) is 0 Å². The van der Waals surface area contributed by atoms with Gasteiger partial charge in [0.1, 0.15) is 0 Å². The van der Waals surface area contributed by atoms with E-state index in [4.69, 9.17) is 4.74 Å². The fraction of sp³-hybridized carbons (Fsp3) is 0.714. The molecule has 0 radical (unpaired) electrons. The molecule has 2 nitrogen and oxygen atoms in total. The summed E-state index contributed by atoms with van der Waals surface area (Å²) in [7, 11) is 0. The Kier molecular flexibility index (Phi) is 5.01. The predicted octanol–water partition coefficient (Wildman–Crippen LogP) is 3.15. The SMILES string of the molecule is Cc1ccc(CC(C)NC2CCCOCC2)s1. The normalized spacial score (nSPS) is 23.3. The summed E-state index contributed by atoms with van der Waals surface area (Å²) in [4.78, 5) is 2.91. The highest BCUT2D eigenvalue weighted by atomic mass is 32.1. The van der Waals surface area contributed by atoms with Gasteiger partial charge in [-0.05, 0) is 51.7 Å². The molecule has 0 amide bonds. The Labute approximate surface area is 108 Å². The maximum absolute atomic E-state index is 5.49. The van der Waals surface area contributed by atoms with E-state index in [0.29, 0.717) is 12.1 Å². The molecule has 2 unspecified atom stereocenters. The first-order chi connectivity index (χ1) is 8.24. The maximum Gasteiger partial charge on any atom is 0.0480 e. The topological polar surface area (TPSA) is 21.3 Å². The van der Waals surface area contributed by atoms with Gasteiger partial charge in [0.15, 0.2) is 0 Å². The van der Waals surface area contributed by atoms with Crippen LogP contribution in [0, 0.1) is 6.92 Å². The molecule has 0 bridgehead atoms. The van der Waals surface area contributed by atoms with E-state index in [9.17, 15) is 0 Å². The van der Waals surface area contributed by atoms with Gasteiger partial charge in [0.05, 0.1) is 0 Å². The summed E-state index contributed by atoms with van der Waals surface area (Å²) in [5.41, 5.74) is 0. The minimum Gasteiger partial charge on any atom is -0.381 e. The molecule has 1 fully saturated rings. The van der Waals surface area contributed by atoms with E-state index in [-0.39, 0.29) is 0 Å². The molecule has 1 aliphatic rings. The van der Waals surface area contributed by atoms with Crippen molar-refractivity contribution in [3.05, 3.63) is 21.9 Å². The molecule has 1 N–H and O–H groups in total. The minimum atomic E-state index is 0.566. The van der Waals surface area contributed by atoms with Crippen molar-refractivity contribution in [2.45, 2.75) is 51.6 Å². The molecule has 1 aliphatic heterocycles. The molecular weight excluding hydrogens is 230 g/mol. The number of ether oxygens (including phenoxy) is 1. The highest BCUT2D eigenvalue weighted by Crippen LogP contribution is 2.17. The van der Waals surface area contributed by atoms with Crippen LogP contribution in [-0.2, 0) is 11.2 Å². The van der Waals surface area contributed by atoms with E-state index < -0.39 is 0 Å². The number of nitrogens with one attached hydrogen (secondary N) is 1. The Balaban J connectivity index is 1.77. The van der Waals surface area contributed by atoms with E-state index in [1.54, 1.807) is 0 Å². The van der Waals surface area contributed by atoms with Gasteiger partial charge in [-0.25, -0.2) is 0 Å². The molecule has 0 spiro atoms. The molecule has 0 saturated carbocycles. The second kappa shape index (κ2) is 6.53. The third-order valence-corrected chi connectivity index (χ3v) is 4.30. The number of rotatable bonds is 4. The Morgan fingerprint density at radius 2 is 2.29 bits per heavy atom. The van der Waals surface area contributed by atoms with Gasteiger partial charge >= 0.3 is 0 Å². The van der Waals surface area contributed by atoms with Crippen LogP contribution in [0.5, 0.6) is 0 Å². The zero-order valence-corrected chi connectivity index (χ0v) is 11.7. The summed E-state index contributed by atoms with van der Waals surface area (Å²) in [6, 6.07) is 5.69. The van der Waals surface area contributed by atoms with Crippen molar-refractivity contribution < 1.29 is 4.74 Å². The van der Waals surface area contributed by atoms with Gasteiger partial charge in [0.2, 0.25) is 0 Å². The molecule has 0 aromatic carbocycles. The predicted molar refractivity (Wildman–Crippen MR) is 73.8 cm³/mol. The second-order valence-corrected chi connectivity index (χ2v) is 6.40.